The van der Waals surface area contributed by atoms with Crippen LogP contribution in [0.1, 0.15) is 11.1 Å². The lowest BCUT2D eigenvalue weighted by molar-refractivity contribution is -0.140. The van der Waals surface area contributed by atoms with Gasteiger partial charge in [0, 0.05) is 0 Å². The number of benzene rings is 1. The minimum atomic E-state index is -4.76. The van der Waals surface area contributed by atoms with Crippen LogP contribution in [0.3, 0.4) is 0 Å². The van der Waals surface area contributed by atoms with Gasteiger partial charge in [-0.2, -0.15) is 18.3 Å². The maximum absolute atomic E-state index is 12.9. The molecule has 0 radical (unpaired) electrons. The van der Waals surface area contributed by atoms with Crippen molar-refractivity contribution in [3.63, 3.8) is 0 Å². The predicted octanol–water partition coefficient (Wildman–Crippen LogP) is 1.87. The second-order valence-electron chi connectivity index (χ2n) is 3.01. The predicted molar refractivity (Wildman–Crippen MR) is 62.1 cm³/mol. The van der Waals surface area contributed by atoms with Crippen molar-refractivity contribution in [2.75, 3.05) is 0 Å². The molecule has 0 amide bonds. The van der Waals surface area contributed by atoms with Crippen LogP contribution in [0, 0.1) is 5.82 Å². The minimum absolute atomic E-state index is 0. The van der Waals surface area contributed by atoms with Gasteiger partial charge in [0.15, 0.2) is 0 Å². The van der Waals surface area contributed by atoms with E-state index >= 15 is 0 Å². The van der Waals surface area contributed by atoms with E-state index in [-0.39, 0.29) is 23.9 Å². The van der Waals surface area contributed by atoms with Gasteiger partial charge in [-0.25, -0.2) is 4.39 Å². The van der Waals surface area contributed by atoms with Crippen molar-refractivity contribution < 1.29 is 17.6 Å². The summed E-state index contributed by atoms with van der Waals surface area (Å²) in [5.74, 6) is -1.68. The molecule has 0 aromatic heterocycles. The minimum Gasteiger partial charge on any atom is -0.369 e. The van der Waals surface area contributed by atoms with E-state index in [1.807, 2.05) is 0 Å². The van der Waals surface area contributed by atoms with Crippen LogP contribution < -0.4 is 11.5 Å². The monoisotopic (exact) mass is 284 g/mol. The molecule has 0 atom stereocenters. The molecule has 0 aliphatic rings. The van der Waals surface area contributed by atoms with Gasteiger partial charge < -0.3 is 11.5 Å². The fourth-order valence-corrected chi connectivity index (χ4v) is 1.00. The van der Waals surface area contributed by atoms with Gasteiger partial charge in [0.25, 0.3) is 0 Å². The average molecular weight is 285 g/mol. The molecule has 0 heterocycles. The Bertz CT molecular complexity index is 466. The maximum Gasteiger partial charge on any atom is 0.419 e. The molecule has 100 valence electrons. The molecule has 0 aliphatic carbocycles. The summed E-state index contributed by atoms with van der Waals surface area (Å²) in [4.78, 5) is 0. The highest BCUT2D eigenvalue weighted by atomic mass is 35.5. The zero-order valence-corrected chi connectivity index (χ0v) is 9.60. The third-order valence-electron chi connectivity index (χ3n) is 1.68. The smallest absolute Gasteiger partial charge is 0.369 e. The number of nitrogens with zero attached hydrogens (tertiary/aromatic N) is 2. The summed E-state index contributed by atoms with van der Waals surface area (Å²) in [5.41, 5.74) is 8.57. The Balaban J connectivity index is 0.00000289. The summed E-state index contributed by atoms with van der Waals surface area (Å²) < 4.78 is 49.9. The van der Waals surface area contributed by atoms with Crippen molar-refractivity contribution in [3.05, 3.63) is 35.1 Å². The Morgan fingerprint density at radius 1 is 1.22 bits per heavy atom. The molecule has 4 nitrogen and oxygen atoms in total. The molecule has 1 aromatic rings. The molecule has 0 aliphatic heterocycles. The molecule has 0 spiro atoms. The lowest BCUT2D eigenvalue weighted by atomic mass is 10.1. The third-order valence-corrected chi connectivity index (χ3v) is 1.68. The normalized spacial score (nSPS) is 11.1. The van der Waals surface area contributed by atoms with E-state index in [1.165, 1.54) is 0 Å². The van der Waals surface area contributed by atoms with Crippen LogP contribution in [0.4, 0.5) is 17.6 Å². The van der Waals surface area contributed by atoms with Crippen molar-refractivity contribution in [1.82, 2.24) is 0 Å². The number of guanidine groups is 1. The zero-order valence-electron chi connectivity index (χ0n) is 8.78. The van der Waals surface area contributed by atoms with Gasteiger partial charge in [0.05, 0.1) is 11.8 Å². The standard InChI is InChI=1S/C9H8F4N4.ClH/c10-7-2-1-5(4-16-17-8(14)15)3-6(7)9(11,12)13;/h1-4H,(H4,14,15,17);1H/b16-4+;. The highest BCUT2D eigenvalue weighted by Crippen LogP contribution is 2.31. The highest BCUT2D eigenvalue weighted by Gasteiger charge is 2.33. The topological polar surface area (TPSA) is 76.8 Å². The molecule has 4 N–H and O–H groups in total. The quantitative estimate of drug-likeness (QED) is 0.376. The molecule has 18 heavy (non-hydrogen) atoms. The van der Waals surface area contributed by atoms with Crippen molar-refractivity contribution in [3.8, 4) is 0 Å². The van der Waals surface area contributed by atoms with E-state index in [1.54, 1.807) is 0 Å². The molecule has 9 heteroatoms. The van der Waals surface area contributed by atoms with Crippen molar-refractivity contribution in [2.24, 2.45) is 21.7 Å². The first-order valence-corrected chi connectivity index (χ1v) is 4.29. The maximum atomic E-state index is 12.9. The van der Waals surface area contributed by atoms with Crippen LogP contribution in [-0.4, -0.2) is 12.2 Å². The number of rotatable bonds is 2. The Kier molecular flexibility index (Phi) is 5.57. The van der Waals surface area contributed by atoms with Crippen molar-refractivity contribution >= 4 is 24.6 Å². The van der Waals surface area contributed by atoms with Crippen molar-refractivity contribution in [2.45, 2.75) is 6.18 Å². The molecular weight excluding hydrogens is 276 g/mol. The van der Waals surface area contributed by atoms with E-state index in [4.69, 9.17) is 11.5 Å². The summed E-state index contributed by atoms with van der Waals surface area (Å²) in [6.45, 7) is 0. The molecule has 1 rings (SSSR count). The van der Waals surface area contributed by atoms with Gasteiger partial charge in [-0.15, -0.1) is 17.5 Å². The van der Waals surface area contributed by atoms with E-state index in [0.29, 0.717) is 12.1 Å². The van der Waals surface area contributed by atoms with Crippen LogP contribution >= 0.6 is 12.4 Å². The third kappa shape index (κ3) is 4.58. The second kappa shape index (κ2) is 6.20. The highest BCUT2D eigenvalue weighted by molar-refractivity contribution is 5.85. The molecule has 1 aromatic carbocycles. The summed E-state index contributed by atoms with van der Waals surface area (Å²) in [7, 11) is 0. The first-order valence-electron chi connectivity index (χ1n) is 4.29. The van der Waals surface area contributed by atoms with E-state index in [0.717, 1.165) is 12.3 Å². The number of halogens is 5. The van der Waals surface area contributed by atoms with Gasteiger partial charge in [0.2, 0.25) is 5.96 Å². The average Bonchev–Trinajstić information content (AvgIpc) is 2.18. The zero-order chi connectivity index (χ0) is 13.1. The van der Waals surface area contributed by atoms with Gasteiger partial charge in [0.1, 0.15) is 5.82 Å². The fraction of sp³-hybridized carbons (Fsp3) is 0.111. The summed E-state index contributed by atoms with van der Waals surface area (Å²) in [5, 5.41) is 6.52. The molecular formula is C9H9ClF4N4. The van der Waals surface area contributed by atoms with Crippen LogP contribution in [0.5, 0.6) is 0 Å². The Morgan fingerprint density at radius 3 is 2.33 bits per heavy atom. The van der Waals surface area contributed by atoms with Crippen LogP contribution in [-0.2, 0) is 6.18 Å². The molecule has 0 bridgehead atoms. The first kappa shape index (κ1) is 16.2. The van der Waals surface area contributed by atoms with Gasteiger partial charge in [-0.1, -0.05) is 6.07 Å². The SMILES string of the molecule is Cl.NC(N)=N/N=C/c1ccc(F)c(C(F)(F)F)c1. The Hall–Kier alpha value is -1.83. The number of nitrogens with two attached hydrogens (primary N) is 2. The molecule has 0 saturated carbocycles. The van der Waals surface area contributed by atoms with Gasteiger partial charge in [-0.3, -0.25) is 0 Å². The van der Waals surface area contributed by atoms with Crippen molar-refractivity contribution in [1.29, 1.82) is 0 Å². The Morgan fingerprint density at radius 2 is 1.83 bits per heavy atom. The van der Waals surface area contributed by atoms with E-state index < -0.39 is 17.6 Å². The summed E-state index contributed by atoms with van der Waals surface area (Å²) in [6.07, 6.45) is -3.78. The summed E-state index contributed by atoms with van der Waals surface area (Å²) in [6, 6.07) is 2.43. The number of hydrogen-bond donors (Lipinski definition) is 2. The fourth-order valence-electron chi connectivity index (χ4n) is 1.00. The van der Waals surface area contributed by atoms with Crippen LogP contribution in [0.15, 0.2) is 28.4 Å². The largest absolute Gasteiger partial charge is 0.419 e. The molecule has 0 unspecified atom stereocenters. The van der Waals surface area contributed by atoms with Gasteiger partial charge in [-0.05, 0) is 17.7 Å². The first-order chi connectivity index (χ1) is 7.80. The van der Waals surface area contributed by atoms with Crippen LogP contribution in [0.2, 0.25) is 0 Å². The van der Waals surface area contributed by atoms with E-state index in [2.05, 4.69) is 10.2 Å². The Labute approximate surface area is 106 Å². The second-order valence-corrected chi connectivity index (χ2v) is 3.01. The van der Waals surface area contributed by atoms with Crippen LogP contribution in [0.25, 0.3) is 0 Å². The molecule has 0 fully saturated rings. The number of alkyl halides is 3. The lowest BCUT2D eigenvalue weighted by Crippen LogP contribution is -2.21. The van der Waals surface area contributed by atoms with E-state index in [9.17, 15) is 17.6 Å². The molecule has 0 saturated heterocycles. The lowest BCUT2D eigenvalue weighted by Gasteiger charge is -2.07. The van der Waals surface area contributed by atoms with Gasteiger partial charge >= 0.3 is 6.18 Å². The number of hydrogen-bond acceptors (Lipinski definition) is 2. The summed E-state index contributed by atoms with van der Waals surface area (Å²) >= 11 is 0.